The van der Waals surface area contributed by atoms with Gasteiger partial charge in [-0.05, 0) is 43.3 Å². The van der Waals surface area contributed by atoms with Crippen molar-refractivity contribution in [3.8, 4) is 0 Å². The molecule has 2 nitrogen and oxygen atoms in total. The summed E-state index contributed by atoms with van der Waals surface area (Å²) in [6, 6.07) is 11.7. The fourth-order valence-corrected chi connectivity index (χ4v) is 2.29. The van der Waals surface area contributed by atoms with E-state index in [9.17, 15) is 4.79 Å². The fraction of sp³-hybridized carbons (Fsp3) is 0.0769. The third-order valence-electron chi connectivity index (χ3n) is 2.18. The summed E-state index contributed by atoms with van der Waals surface area (Å²) in [5.74, 6) is 0.0395. The molecule has 1 heterocycles. The predicted molar refractivity (Wildman–Crippen MR) is 72.5 cm³/mol. The second kappa shape index (κ2) is 5.47. The van der Waals surface area contributed by atoms with Crippen molar-refractivity contribution in [1.29, 1.82) is 0 Å². The number of hydrogen-bond acceptors (Lipinski definition) is 3. The van der Waals surface area contributed by atoms with E-state index in [1.165, 1.54) is 0 Å². The number of ketones is 1. The van der Waals surface area contributed by atoms with Crippen molar-refractivity contribution in [1.82, 2.24) is 4.98 Å². The Labute approximate surface area is 113 Å². The molecule has 0 aliphatic heterocycles. The number of pyridine rings is 1. The van der Waals surface area contributed by atoms with Crippen LogP contribution in [0.3, 0.4) is 0 Å². The molecule has 0 saturated heterocycles. The topological polar surface area (TPSA) is 30.0 Å². The molecule has 0 N–H and O–H groups in total. The van der Waals surface area contributed by atoms with Crippen molar-refractivity contribution >= 4 is 33.5 Å². The van der Waals surface area contributed by atoms with Gasteiger partial charge in [0.25, 0.3) is 0 Å². The van der Waals surface area contributed by atoms with E-state index in [1.54, 1.807) is 30.9 Å². The number of hydrogen-bond donors (Lipinski definition) is 0. The van der Waals surface area contributed by atoms with Gasteiger partial charge in [-0.25, -0.2) is 4.98 Å². The Kier molecular flexibility index (Phi) is 3.97. The molecule has 2 rings (SSSR count). The SMILES string of the molecule is CC(=O)c1ccc(Sc2ccc(Br)cc2)nc1. The van der Waals surface area contributed by atoms with Gasteiger partial charge in [0.2, 0.25) is 0 Å². The Hall–Kier alpha value is -1.13. The van der Waals surface area contributed by atoms with Gasteiger partial charge in [0.05, 0.1) is 0 Å². The first kappa shape index (κ1) is 12.3. The predicted octanol–water partition coefficient (Wildman–Crippen LogP) is 4.20. The molecule has 0 radical (unpaired) electrons. The van der Waals surface area contributed by atoms with E-state index in [4.69, 9.17) is 0 Å². The summed E-state index contributed by atoms with van der Waals surface area (Å²) in [7, 11) is 0. The Morgan fingerprint density at radius 3 is 2.41 bits per heavy atom. The quantitative estimate of drug-likeness (QED) is 0.796. The smallest absolute Gasteiger partial charge is 0.161 e. The monoisotopic (exact) mass is 307 g/mol. The molecule has 86 valence electrons. The minimum Gasteiger partial charge on any atom is -0.294 e. The summed E-state index contributed by atoms with van der Waals surface area (Å²) in [6.07, 6.45) is 1.61. The number of benzene rings is 1. The van der Waals surface area contributed by atoms with E-state index in [2.05, 4.69) is 20.9 Å². The summed E-state index contributed by atoms with van der Waals surface area (Å²) in [5.41, 5.74) is 0.644. The van der Waals surface area contributed by atoms with Gasteiger partial charge in [0, 0.05) is 21.1 Å². The van der Waals surface area contributed by atoms with E-state index in [-0.39, 0.29) is 5.78 Å². The molecule has 0 unspecified atom stereocenters. The third-order valence-corrected chi connectivity index (χ3v) is 3.67. The van der Waals surface area contributed by atoms with Gasteiger partial charge >= 0.3 is 0 Å². The number of carbonyl (C=O) groups excluding carboxylic acids is 1. The molecule has 0 bridgehead atoms. The summed E-state index contributed by atoms with van der Waals surface area (Å²) in [5, 5.41) is 0.886. The van der Waals surface area contributed by atoms with Crippen LogP contribution in [-0.4, -0.2) is 10.8 Å². The van der Waals surface area contributed by atoms with Gasteiger partial charge in [-0.2, -0.15) is 0 Å². The minimum atomic E-state index is 0.0395. The molecule has 0 atom stereocenters. The molecule has 0 saturated carbocycles. The number of halogens is 1. The molecular formula is C13H10BrNOS. The van der Waals surface area contributed by atoms with Gasteiger partial charge in [0.15, 0.2) is 5.78 Å². The van der Waals surface area contributed by atoms with E-state index in [1.807, 2.05) is 30.3 Å². The average molecular weight is 308 g/mol. The zero-order chi connectivity index (χ0) is 12.3. The molecule has 1 aromatic heterocycles. The molecule has 0 amide bonds. The van der Waals surface area contributed by atoms with E-state index in [0.717, 1.165) is 14.4 Å². The van der Waals surface area contributed by atoms with Crippen LogP contribution in [0, 0.1) is 0 Å². The largest absolute Gasteiger partial charge is 0.294 e. The Morgan fingerprint density at radius 1 is 1.18 bits per heavy atom. The van der Waals surface area contributed by atoms with E-state index < -0.39 is 0 Å². The standard InChI is InChI=1S/C13H10BrNOS/c1-9(16)10-2-7-13(15-8-10)17-12-5-3-11(14)4-6-12/h2-8H,1H3. The summed E-state index contributed by atoms with van der Waals surface area (Å²) in [6.45, 7) is 1.54. The summed E-state index contributed by atoms with van der Waals surface area (Å²) >= 11 is 4.97. The minimum absolute atomic E-state index is 0.0395. The highest BCUT2D eigenvalue weighted by atomic mass is 79.9. The molecule has 1 aromatic carbocycles. The van der Waals surface area contributed by atoms with Crippen molar-refractivity contribution in [3.05, 3.63) is 52.6 Å². The number of Topliss-reactive ketones (excluding diaryl/α,β-unsaturated/α-hetero) is 1. The first-order chi connectivity index (χ1) is 8.15. The third kappa shape index (κ3) is 3.41. The van der Waals surface area contributed by atoms with Crippen molar-refractivity contribution in [2.75, 3.05) is 0 Å². The van der Waals surface area contributed by atoms with Crippen LogP contribution in [-0.2, 0) is 0 Å². The lowest BCUT2D eigenvalue weighted by Crippen LogP contribution is -1.92. The van der Waals surface area contributed by atoms with Crippen molar-refractivity contribution in [2.24, 2.45) is 0 Å². The Morgan fingerprint density at radius 2 is 1.88 bits per heavy atom. The van der Waals surface area contributed by atoms with Crippen LogP contribution in [0.5, 0.6) is 0 Å². The number of nitrogens with zero attached hydrogens (tertiary/aromatic N) is 1. The van der Waals surface area contributed by atoms with Crippen LogP contribution in [0.15, 0.2) is 57.0 Å². The van der Waals surface area contributed by atoms with Gasteiger partial charge in [-0.15, -0.1) is 0 Å². The number of carbonyl (C=O) groups is 1. The van der Waals surface area contributed by atoms with Crippen molar-refractivity contribution in [3.63, 3.8) is 0 Å². The lowest BCUT2D eigenvalue weighted by atomic mass is 10.2. The van der Waals surface area contributed by atoms with Crippen LogP contribution in [0.2, 0.25) is 0 Å². The second-order valence-electron chi connectivity index (χ2n) is 3.50. The van der Waals surface area contributed by atoms with E-state index in [0.29, 0.717) is 5.56 Å². The average Bonchev–Trinajstić information content (AvgIpc) is 2.33. The second-order valence-corrected chi connectivity index (χ2v) is 5.51. The highest BCUT2D eigenvalue weighted by Crippen LogP contribution is 2.27. The highest BCUT2D eigenvalue weighted by molar-refractivity contribution is 9.10. The lowest BCUT2D eigenvalue weighted by molar-refractivity contribution is 0.101. The normalized spacial score (nSPS) is 10.2. The van der Waals surface area contributed by atoms with Crippen LogP contribution in [0.1, 0.15) is 17.3 Å². The maximum absolute atomic E-state index is 11.1. The molecule has 0 fully saturated rings. The van der Waals surface area contributed by atoms with Crippen LogP contribution >= 0.6 is 27.7 Å². The molecule has 0 spiro atoms. The summed E-state index contributed by atoms with van der Waals surface area (Å²) in [4.78, 5) is 16.5. The maximum atomic E-state index is 11.1. The van der Waals surface area contributed by atoms with Gasteiger partial charge in [-0.1, -0.05) is 27.7 Å². The van der Waals surface area contributed by atoms with Crippen molar-refractivity contribution < 1.29 is 4.79 Å². The first-order valence-electron chi connectivity index (χ1n) is 5.05. The van der Waals surface area contributed by atoms with Gasteiger partial charge in [-0.3, -0.25) is 4.79 Å². The van der Waals surface area contributed by atoms with Gasteiger partial charge in [0.1, 0.15) is 5.03 Å². The lowest BCUT2D eigenvalue weighted by Gasteiger charge is -2.01. The van der Waals surface area contributed by atoms with E-state index >= 15 is 0 Å². The molecule has 17 heavy (non-hydrogen) atoms. The fourth-order valence-electron chi connectivity index (χ4n) is 1.27. The molecular weight excluding hydrogens is 298 g/mol. The zero-order valence-electron chi connectivity index (χ0n) is 9.18. The Balaban J connectivity index is 2.13. The van der Waals surface area contributed by atoms with Crippen LogP contribution in [0.4, 0.5) is 0 Å². The van der Waals surface area contributed by atoms with Crippen LogP contribution < -0.4 is 0 Å². The molecule has 4 heteroatoms. The number of rotatable bonds is 3. The summed E-state index contributed by atoms with van der Waals surface area (Å²) < 4.78 is 1.06. The van der Waals surface area contributed by atoms with Gasteiger partial charge < -0.3 is 0 Å². The molecule has 2 aromatic rings. The Bertz CT molecular complexity index is 522. The van der Waals surface area contributed by atoms with Crippen LogP contribution in [0.25, 0.3) is 0 Å². The number of aromatic nitrogens is 1. The molecule has 0 aliphatic carbocycles. The molecule has 0 aliphatic rings. The maximum Gasteiger partial charge on any atom is 0.161 e. The first-order valence-corrected chi connectivity index (χ1v) is 6.66. The van der Waals surface area contributed by atoms with Crippen molar-refractivity contribution in [2.45, 2.75) is 16.8 Å². The zero-order valence-corrected chi connectivity index (χ0v) is 11.6. The highest BCUT2D eigenvalue weighted by Gasteiger charge is 2.02.